The van der Waals surface area contributed by atoms with Gasteiger partial charge in [-0.3, -0.25) is 14.3 Å². The zero-order valence-electron chi connectivity index (χ0n) is 10.5. The summed E-state index contributed by atoms with van der Waals surface area (Å²) in [5.41, 5.74) is 3.71. The lowest BCUT2D eigenvalue weighted by Gasteiger charge is -2.04. The number of nitrogens with zero attached hydrogens (tertiary/aromatic N) is 2. The second-order valence-corrected chi connectivity index (χ2v) is 4.29. The average molecular weight is 280 g/mol. The monoisotopic (exact) mass is 279 g/mol. The molecular weight excluding hydrogens is 266 g/mol. The molecule has 5 nitrogen and oxygen atoms in total. The van der Waals surface area contributed by atoms with Gasteiger partial charge in [0, 0.05) is 11.2 Å². The second-order valence-electron chi connectivity index (χ2n) is 3.88. The van der Waals surface area contributed by atoms with Crippen LogP contribution in [0.1, 0.15) is 22.8 Å². The first kappa shape index (κ1) is 13.6. The molecule has 0 unspecified atom stereocenters. The van der Waals surface area contributed by atoms with Gasteiger partial charge in [-0.05, 0) is 18.6 Å². The number of benzene rings is 1. The van der Waals surface area contributed by atoms with Crippen LogP contribution in [0.5, 0.6) is 0 Å². The molecule has 0 saturated carbocycles. The fourth-order valence-corrected chi connectivity index (χ4v) is 1.76. The van der Waals surface area contributed by atoms with Gasteiger partial charge in [-0.15, -0.1) is 0 Å². The molecule has 0 aliphatic heterocycles. The van der Waals surface area contributed by atoms with E-state index in [1.165, 1.54) is 6.20 Å². The Balaban J connectivity index is 2.05. The number of rotatable bonds is 5. The van der Waals surface area contributed by atoms with Gasteiger partial charge < -0.3 is 0 Å². The molecule has 0 fully saturated rings. The first-order valence-electron chi connectivity index (χ1n) is 5.88. The van der Waals surface area contributed by atoms with Gasteiger partial charge in [0.05, 0.1) is 24.9 Å². The van der Waals surface area contributed by atoms with Crippen LogP contribution in [-0.2, 0) is 11.4 Å². The van der Waals surface area contributed by atoms with E-state index in [2.05, 4.69) is 10.6 Å². The summed E-state index contributed by atoms with van der Waals surface area (Å²) in [6, 6.07) is 7.52. The van der Waals surface area contributed by atoms with Crippen LogP contribution < -0.4 is 5.48 Å². The molecular formula is C13H14ClN3O2. The second kappa shape index (κ2) is 6.36. The number of halogens is 1. The van der Waals surface area contributed by atoms with Crippen molar-refractivity contribution in [3.8, 4) is 0 Å². The standard InChI is InChI=1S/C13H14ClN3O2/c1-2-19-16-13(18)11-7-15-17(9-11)8-10-5-3-4-6-12(10)14/h3-7,9H,2,8H2,1H3,(H,16,18). The Morgan fingerprint density at radius 1 is 1.47 bits per heavy atom. The highest BCUT2D eigenvalue weighted by molar-refractivity contribution is 6.31. The Labute approximate surface area is 116 Å². The minimum Gasteiger partial charge on any atom is -0.274 e. The highest BCUT2D eigenvalue weighted by Gasteiger charge is 2.09. The summed E-state index contributed by atoms with van der Waals surface area (Å²) in [5, 5.41) is 4.80. The number of hydrogen-bond donors (Lipinski definition) is 1. The van der Waals surface area contributed by atoms with E-state index in [0.29, 0.717) is 23.7 Å². The van der Waals surface area contributed by atoms with E-state index in [1.54, 1.807) is 17.8 Å². The predicted octanol–water partition coefficient (Wildman–Crippen LogP) is 2.27. The topological polar surface area (TPSA) is 56.1 Å². The maximum absolute atomic E-state index is 11.6. The van der Waals surface area contributed by atoms with Crippen LogP contribution >= 0.6 is 11.6 Å². The molecule has 0 spiro atoms. The molecule has 0 bridgehead atoms. The molecule has 0 saturated heterocycles. The minimum atomic E-state index is -0.313. The van der Waals surface area contributed by atoms with Crippen LogP contribution in [0.2, 0.25) is 5.02 Å². The van der Waals surface area contributed by atoms with E-state index in [-0.39, 0.29) is 5.91 Å². The maximum atomic E-state index is 11.6. The van der Waals surface area contributed by atoms with Gasteiger partial charge in [0.1, 0.15) is 0 Å². The molecule has 2 rings (SSSR count). The summed E-state index contributed by atoms with van der Waals surface area (Å²) in [6.45, 7) is 2.72. The van der Waals surface area contributed by atoms with Crippen molar-refractivity contribution < 1.29 is 9.63 Å². The molecule has 1 N–H and O–H groups in total. The molecule has 0 aliphatic rings. The SMILES string of the molecule is CCONC(=O)c1cnn(Cc2ccccc2Cl)c1. The number of carbonyl (C=O) groups excluding carboxylic acids is 1. The van der Waals surface area contributed by atoms with E-state index in [4.69, 9.17) is 16.4 Å². The third kappa shape index (κ3) is 3.56. The van der Waals surface area contributed by atoms with Gasteiger partial charge in [0.2, 0.25) is 0 Å². The zero-order chi connectivity index (χ0) is 13.7. The fraction of sp³-hybridized carbons (Fsp3) is 0.231. The molecule has 100 valence electrons. The van der Waals surface area contributed by atoms with Crippen molar-refractivity contribution in [3.63, 3.8) is 0 Å². The Morgan fingerprint density at radius 2 is 2.26 bits per heavy atom. The highest BCUT2D eigenvalue weighted by Crippen LogP contribution is 2.16. The van der Waals surface area contributed by atoms with Crippen molar-refractivity contribution in [2.24, 2.45) is 0 Å². The smallest absolute Gasteiger partial charge is 0.274 e. The van der Waals surface area contributed by atoms with Gasteiger partial charge in [-0.2, -0.15) is 5.10 Å². The summed E-state index contributed by atoms with van der Waals surface area (Å²) in [7, 11) is 0. The normalized spacial score (nSPS) is 10.4. The quantitative estimate of drug-likeness (QED) is 0.854. The molecule has 0 radical (unpaired) electrons. The minimum absolute atomic E-state index is 0.313. The van der Waals surface area contributed by atoms with E-state index < -0.39 is 0 Å². The zero-order valence-corrected chi connectivity index (χ0v) is 11.2. The Bertz CT molecular complexity index is 569. The molecule has 19 heavy (non-hydrogen) atoms. The van der Waals surface area contributed by atoms with Gasteiger partial charge in [0.25, 0.3) is 5.91 Å². The van der Waals surface area contributed by atoms with Crippen LogP contribution in [0.25, 0.3) is 0 Å². The van der Waals surface area contributed by atoms with Gasteiger partial charge in [-0.25, -0.2) is 5.48 Å². The van der Waals surface area contributed by atoms with Crippen molar-refractivity contribution in [3.05, 3.63) is 52.8 Å². The van der Waals surface area contributed by atoms with Crippen LogP contribution in [0.4, 0.5) is 0 Å². The number of nitrogens with one attached hydrogen (secondary N) is 1. The first-order chi connectivity index (χ1) is 9.20. The third-order valence-corrected chi connectivity index (χ3v) is 2.86. The molecule has 1 heterocycles. The maximum Gasteiger partial charge on any atom is 0.278 e. The number of hydroxylamine groups is 1. The first-order valence-corrected chi connectivity index (χ1v) is 6.26. The average Bonchev–Trinajstić information content (AvgIpc) is 2.87. The largest absolute Gasteiger partial charge is 0.278 e. The number of hydrogen-bond acceptors (Lipinski definition) is 3. The van der Waals surface area contributed by atoms with Crippen LogP contribution in [-0.4, -0.2) is 22.3 Å². The summed E-state index contributed by atoms with van der Waals surface area (Å²) < 4.78 is 1.65. The third-order valence-electron chi connectivity index (χ3n) is 2.49. The van der Waals surface area contributed by atoms with Crippen LogP contribution in [0, 0.1) is 0 Å². The van der Waals surface area contributed by atoms with Gasteiger partial charge >= 0.3 is 0 Å². The van der Waals surface area contributed by atoms with Gasteiger partial charge in [-0.1, -0.05) is 29.8 Å². The Hall–Kier alpha value is -1.85. The molecule has 1 aromatic carbocycles. The molecule has 1 amide bonds. The highest BCUT2D eigenvalue weighted by atomic mass is 35.5. The fourth-order valence-electron chi connectivity index (χ4n) is 1.57. The van der Waals surface area contributed by atoms with E-state index in [9.17, 15) is 4.79 Å². The molecule has 1 aromatic heterocycles. The summed E-state index contributed by atoms with van der Waals surface area (Å²) >= 11 is 6.07. The lowest BCUT2D eigenvalue weighted by molar-refractivity contribution is 0.0364. The molecule has 0 atom stereocenters. The summed E-state index contributed by atoms with van der Waals surface area (Å²) in [4.78, 5) is 16.5. The lowest BCUT2D eigenvalue weighted by Crippen LogP contribution is -2.23. The van der Waals surface area contributed by atoms with Crippen molar-refractivity contribution in [2.45, 2.75) is 13.5 Å². The van der Waals surface area contributed by atoms with Crippen LogP contribution in [0.15, 0.2) is 36.7 Å². The van der Waals surface area contributed by atoms with Gasteiger partial charge in [0.15, 0.2) is 0 Å². The van der Waals surface area contributed by atoms with Crippen LogP contribution in [0.3, 0.4) is 0 Å². The summed E-state index contributed by atoms with van der Waals surface area (Å²) in [6.07, 6.45) is 3.14. The van der Waals surface area contributed by atoms with E-state index in [1.807, 2.05) is 24.3 Å². The molecule has 6 heteroatoms. The summed E-state index contributed by atoms with van der Waals surface area (Å²) in [5.74, 6) is -0.313. The predicted molar refractivity (Wildman–Crippen MR) is 71.9 cm³/mol. The van der Waals surface area contributed by atoms with E-state index >= 15 is 0 Å². The van der Waals surface area contributed by atoms with Crippen molar-refractivity contribution >= 4 is 17.5 Å². The number of aromatic nitrogens is 2. The van der Waals surface area contributed by atoms with E-state index in [0.717, 1.165) is 5.56 Å². The Morgan fingerprint density at radius 3 is 3.00 bits per heavy atom. The van der Waals surface area contributed by atoms with Crippen molar-refractivity contribution in [1.82, 2.24) is 15.3 Å². The van der Waals surface area contributed by atoms with Crippen molar-refractivity contribution in [2.75, 3.05) is 6.61 Å². The number of amides is 1. The Kier molecular flexibility index (Phi) is 4.54. The van der Waals surface area contributed by atoms with Crippen molar-refractivity contribution in [1.29, 1.82) is 0 Å². The molecule has 2 aromatic rings. The molecule has 0 aliphatic carbocycles. The lowest BCUT2D eigenvalue weighted by atomic mass is 10.2. The number of carbonyl (C=O) groups is 1.